The normalized spacial score (nSPS) is 29.0. The zero-order chi connectivity index (χ0) is 20.8. The van der Waals surface area contributed by atoms with Gasteiger partial charge in [-0.05, 0) is 64.5 Å². The van der Waals surface area contributed by atoms with Crippen molar-refractivity contribution in [2.75, 3.05) is 38.7 Å². The Balaban J connectivity index is 1.33. The maximum absolute atomic E-state index is 6.49. The molecule has 5 rings (SSSR count). The molecule has 30 heavy (non-hydrogen) atoms. The molecule has 2 aromatic rings. The van der Waals surface area contributed by atoms with Crippen LogP contribution < -0.4 is 4.90 Å². The minimum atomic E-state index is 0.210. The molecule has 0 N–H and O–H groups in total. The van der Waals surface area contributed by atoms with E-state index in [0.717, 1.165) is 62.5 Å². The molecule has 9 heteroatoms. The summed E-state index contributed by atoms with van der Waals surface area (Å²) in [5.41, 5.74) is 1.02. The maximum atomic E-state index is 6.49. The second-order valence-electron chi connectivity index (χ2n) is 9.79. The molecule has 0 spiro atoms. The standard InChI is InChI=1S/C21H34N8O/c1-14-22-21(27(4)24-14)28-9-16-7-19(29-12-18(23-25-29)11-26(2)3)20(8-17(16)10-28)30-13-15-5-6-15/h12,15-17,19-20H,5-11,13H2,1-4H3/t16-,17+,19-,20-/m1/s1. The van der Waals surface area contributed by atoms with E-state index in [1.807, 2.05) is 18.7 Å². The van der Waals surface area contributed by atoms with Crippen LogP contribution in [-0.2, 0) is 18.3 Å². The van der Waals surface area contributed by atoms with Crippen LogP contribution in [0, 0.1) is 24.7 Å². The van der Waals surface area contributed by atoms with Gasteiger partial charge < -0.3 is 14.5 Å². The quantitative estimate of drug-likeness (QED) is 0.682. The molecule has 164 valence electrons. The summed E-state index contributed by atoms with van der Waals surface area (Å²) in [6.07, 6.45) is 7.13. The largest absolute Gasteiger partial charge is 0.376 e. The van der Waals surface area contributed by atoms with E-state index in [2.05, 4.69) is 55.2 Å². The molecule has 2 aliphatic carbocycles. The Labute approximate surface area is 178 Å². The molecule has 0 unspecified atom stereocenters. The minimum Gasteiger partial charge on any atom is -0.376 e. The van der Waals surface area contributed by atoms with Gasteiger partial charge in [-0.3, -0.25) is 0 Å². The van der Waals surface area contributed by atoms with E-state index in [1.165, 1.54) is 12.8 Å². The number of rotatable bonds is 7. The number of fused-ring (bicyclic) bond motifs is 1. The molecule has 3 aliphatic rings. The van der Waals surface area contributed by atoms with Gasteiger partial charge in [-0.25, -0.2) is 9.36 Å². The number of nitrogens with zero attached hydrogens (tertiary/aromatic N) is 8. The molecule has 9 nitrogen and oxygen atoms in total. The Bertz CT molecular complexity index is 872. The van der Waals surface area contributed by atoms with Crippen molar-refractivity contribution in [2.24, 2.45) is 24.8 Å². The Morgan fingerprint density at radius 3 is 2.60 bits per heavy atom. The van der Waals surface area contributed by atoms with Crippen LogP contribution in [0.3, 0.4) is 0 Å². The summed E-state index contributed by atoms with van der Waals surface area (Å²) in [5, 5.41) is 13.4. The summed E-state index contributed by atoms with van der Waals surface area (Å²) in [7, 11) is 6.11. The second kappa shape index (κ2) is 7.92. The van der Waals surface area contributed by atoms with Crippen molar-refractivity contribution >= 4 is 5.95 Å². The van der Waals surface area contributed by atoms with Crippen LogP contribution in [0.15, 0.2) is 6.20 Å². The van der Waals surface area contributed by atoms with Crippen LogP contribution >= 0.6 is 0 Å². The third kappa shape index (κ3) is 4.09. The highest BCUT2D eigenvalue weighted by atomic mass is 16.5. The fourth-order valence-electron chi connectivity index (χ4n) is 5.20. The first-order valence-electron chi connectivity index (χ1n) is 11.3. The van der Waals surface area contributed by atoms with Gasteiger partial charge in [0.25, 0.3) is 0 Å². The van der Waals surface area contributed by atoms with Crippen LogP contribution in [-0.4, -0.2) is 74.6 Å². The zero-order valence-corrected chi connectivity index (χ0v) is 18.6. The van der Waals surface area contributed by atoms with Gasteiger partial charge in [0.1, 0.15) is 5.82 Å². The summed E-state index contributed by atoms with van der Waals surface area (Å²) in [5.74, 6) is 3.84. The molecule has 0 aromatic carbocycles. The Morgan fingerprint density at radius 2 is 1.93 bits per heavy atom. The van der Waals surface area contributed by atoms with Crippen LogP contribution in [0.25, 0.3) is 0 Å². The molecule has 2 aromatic heterocycles. The van der Waals surface area contributed by atoms with E-state index in [-0.39, 0.29) is 12.1 Å². The molecule has 2 saturated carbocycles. The first-order chi connectivity index (χ1) is 14.5. The average Bonchev–Trinajstić information content (AvgIpc) is 3.08. The molecule has 3 fully saturated rings. The lowest BCUT2D eigenvalue weighted by atomic mass is 9.77. The van der Waals surface area contributed by atoms with Crippen molar-refractivity contribution in [1.29, 1.82) is 0 Å². The van der Waals surface area contributed by atoms with Crippen molar-refractivity contribution in [1.82, 2.24) is 34.7 Å². The highest BCUT2D eigenvalue weighted by Crippen LogP contribution is 2.44. The summed E-state index contributed by atoms with van der Waals surface area (Å²) in [6.45, 7) is 5.73. The van der Waals surface area contributed by atoms with Crippen LogP contribution in [0.1, 0.15) is 43.2 Å². The monoisotopic (exact) mass is 414 g/mol. The summed E-state index contributed by atoms with van der Waals surface area (Å²) >= 11 is 0. The summed E-state index contributed by atoms with van der Waals surface area (Å²) in [4.78, 5) is 9.20. The van der Waals surface area contributed by atoms with Gasteiger partial charge in [0.15, 0.2) is 0 Å². The van der Waals surface area contributed by atoms with E-state index in [1.54, 1.807) is 0 Å². The number of anilines is 1. The molecular formula is C21H34N8O. The van der Waals surface area contributed by atoms with E-state index >= 15 is 0 Å². The molecule has 0 amide bonds. The van der Waals surface area contributed by atoms with Gasteiger partial charge in [-0.15, -0.1) is 5.10 Å². The fraction of sp³-hybridized carbons (Fsp3) is 0.810. The maximum Gasteiger partial charge on any atom is 0.223 e. The van der Waals surface area contributed by atoms with Crippen LogP contribution in [0.4, 0.5) is 5.95 Å². The van der Waals surface area contributed by atoms with E-state index in [4.69, 9.17) is 4.74 Å². The summed E-state index contributed by atoms with van der Waals surface area (Å²) in [6, 6.07) is 0.259. The van der Waals surface area contributed by atoms with Crippen molar-refractivity contribution < 1.29 is 4.74 Å². The molecule has 4 atom stereocenters. The molecule has 1 aliphatic heterocycles. The third-order valence-electron chi connectivity index (χ3n) is 6.83. The topological polar surface area (TPSA) is 77.1 Å². The first kappa shape index (κ1) is 19.9. The number of ether oxygens (including phenoxy) is 1. The van der Waals surface area contributed by atoms with Gasteiger partial charge in [0, 0.05) is 33.3 Å². The Hall–Kier alpha value is -2.00. The van der Waals surface area contributed by atoms with E-state index in [0.29, 0.717) is 11.8 Å². The lowest BCUT2D eigenvalue weighted by Crippen LogP contribution is -2.38. The average molecular weight is 415 g/mol. The van der Waals surface area contributed by atoms with Crippen LogP contribution in [0.5, 0.6) is 0 Å². The number of hydrogen-bond donors (Lipinski definition) is 0. The van der Waals surface area contributed by atoms with Gasteiger partial charge in [-0.1, -0.05) is 5.21 Å². The van der Waals surface area contributed by atoms with Gasteiger partial charge in [0.2, 0.25) is 5.95 Å². The fourth-order valence-corrected chi connectivity index (χ4v) is 5.20. The van der Waals surface area contributed by atoms with Crippen LogP contribution in [0.2, 0.25) is 0 Å². The lowest BCUT2D eigenvalue weighted by molar-refractivity contribution is -0.0375. The molecule has 0 bridgehead atoms. The van der Waals surface area contributed by atoms with E-state index < -0.39 is 0 Å². The molecule has 3 heterocycles. The SMILES string of the molecule is Cc1nc(N2C[C@H]3C[C@@H](n4cc(CN(C)C)nn4)[C@H](OCC4CC4)C[C@H]3C2)n(C)n1. The number of aromatic nitrogens is 6. The first-order valence-corrected chi connectivity index (χ1v) is 11.3. The smallest absolute Gasteiger partial charge is 0.223 e. The third-order valence-corrected chi connectivity index (χ3v) is 6.83. The minimum absolute atomic E-state index is 0.210. The Morgan fingerprint density at radius 1 is 1.17 bits per heavy atom. The van der Waals surface area contributed by atoms with Crippen molar-refractivity contribution in [3.63, 3.8) is 0 Å². The lowest BCUT2D eigenvalue weighted by Gasteiger charge is -2.37. The predicted octanol–water partition coefficient (Wildman–Crippen LogP) is 1.66. The van der Waals surface area contributed by atoms with Gasteiger partial charge in [0.05, 0.1) is 24.0 Å². The highest BCUT2D eigenvalue weighted by Gasteiger charge is 2.45. The van der Waals surface area contributed by atoms with Gasteiger partial charge in [-0.2, -0.15) is 10.1 Å². The summed E-state index contributed by atoms with van der Waals surface area (Å²) < 4.78 is 10.5. The molecule has 1 saturated heterocycles. The van der Waals surface area contributed by atoms with Gasteiger partial charge >= 0.3 is 0 Å². The second-order valence-corrected chi connectivity index (χ2v) is 9.79. The zero-order valence-electron chi connectivity index (χ0n) is 18.6. The van der Waals surface area contributed by atoms with Crippen molar-refractivity contribution in [3.8, 4) is 0 Å². The number of aryl methyl sites for hydroxylation is 2. The molecule has 0 radical (unpaired) electrons. The highest BCUT2D eigenvalue weighted by molar-refractivity contribution is 5.33. The van der Waals surface area contributed by atoms with E-state index in [9.17, 15) is 0 Å². The predicted molar refractivity (Wildman–Crippen MR) is 113 cm³/mol. The van der Waals surface area contributed by atoms with Crippen molar-refractivity contribution in [2.45, 2.75) is 51.3 Å². The Kier molecular flexibility index (Phi) is 5.26. The number of hydrogen-bond acceptors (Lipinski definition) is 7. The van der Waals surface area contributed by atoms with Crippen molar-refractivity contribution in [3.05, 3.63) is 17.7 Å². The molecular weight excluding hydrogens is 380 g/mol.